The van der Waals surface area contributed by atoms with Crippen LogP contribution in [-0.4, -0.2) is 65.1 Å². The van der Waals surface area contributed by atoms with Crippen molar-refractivity contribution in [1.82, 2.24) is 14.8 Å². The summed E-state index contributed by atoms with van der Waals surface area (Å²) >= 11 is 4.79. The van der Waals surface area contributed by atoms with Gasteiger partial charge in [-0.25, -0.2) is 4.98 Å². The van der Waals surface area contributed by atoms with E-state index >= 15 is 0 Å². The number of carbonyl (C=O) groups is 1. The summed E-state index contributed by atoms with van der Waals surface area (Å²) in [6.45, 7) is 11.0. The Morgan fingerprint density at radius 2 is 2.04 bits per heavy atom. The molecule has 1 unspecified atom stereocenters. The summed E-state index contributed by atoms with van der Waals surface area (Å²) in [5.41, 5.74) is 0.842. The Labute approximate surface area is 156 Å². The lowest BCUT2D eigenvalue weighted by Crippen LogP contribution is -2.59. The van der Waals surface area contributed by atoms with E-state index in [1.54, 1.807) is 0 Å². The number of rotatable bonds is 5. The normalized spacial score (nSPS) is 22.9. The van der Waals surface area contributed by atoms with Crippen LogP contribution < -0.4 is 0 Å². The number of carbonyl (C=O) groups excluding carboxylic acids is 1. The molecule has 2 fully saturated rings. The Balaban J connectivity index is 1.50. The highest BCUT2D eigenvalue weighted by atomic mass is 79.9. The molecule has 134 valence electrons. The van der Waals surface area contributed by atoms with Gasteiger partial charge in [0.25, 0.3) is 5.91 Å². The summed E-state index contributed by atoms with van der Waals surface area (Å²) < 4.78 is 7.04. The lowest BCUT2D eigenvalue weighted by molar-refractivity contribution is -0.227. The Kier molecular flexibility index (Phi) is 5.64. The number of piperidine rings is 1. The molecule has 2 saturated heterocycles. The average molecular weight is 416 g/mol. The smallest absolute Gasteiger partial charge is 0.265 e. The maximum atomic E-state index is 12.7. The first kappa shape index (κ1) is 18.3. The highest BCUT2D eigenvalue weighted by Crippen LogP contribution is 2.42. The number of nitrogens with zero attached hydrogens (tertiary/aromatic N) is 3. The second-order valence-electron chi connectivity index (χ2n) is 6.79. The molecule has 0 aliphatic carbocycles. The van der Waals surface area contributed by atoms with Crippen LogP contribution in [0.3, 0.4) is 0 Å². The van der Waals surface area contributed by atoms with Gasteiger partial charge in [0, 0.05) is 26.1 Å². The number of halogens is 1. The molecule has 5 nitrogen and oxygen atoms in total. The number of amides is 1. The van der Waals surface area contributed by atoms with E-state index in [1.165, 1.54) is 11.3 Å². The standard InChI is InChI=1S/C17H26BrN3O2S/c1-4-20(5-2)11-13-10-17(23-13)6-8-21(9-7-17)15(22)14-12(3)19-16(18)24-14/h13H,4-11H2,1-3H3. The SMILES string of the molecule is CCN(CC)CC1CC2(CCN(C(=O)c3sc(Br)nc3C)CC2)O1. The molecule has 0 bridgehead atoms. The predicted octanol–water partition coefficient (Wildman–Crippen LogP) is 3.32. The minimum atomic E-state index is 0.0257. The lowest BCUT2D eigenvalue weighted by Gasteiger charge is -2.52. The highest BCUT2D eigenvalue weighted by molar-refractivity contribution is 9.11. The van der Waals surface area contributed by atoms with Crippen LogP contribution in [0.1, 0.15) is 48.5 Å². The third-order valence-electron chi connectivity index (χ3n) is 5.30. The van der Waals surface area contributed by atoms with E-state index in [1.807, 2.05) is 11.8 Å². The van der Waals surface area contributed by atoms with E-state index in [9.17, 15) is 4.79 Å². The summed E-state index contributed by atoms with van der Waals surface area (Å²) in [6, 6.07) is 0. The van der Waals surface area contributed by atoms with E-state index in [0.717, 1.165) is 66.5 Å². The Morgan fingerprint density at radius 1 is 1.42 bits per heavy atom. The van der Waals surface area contributed by atoms with E-state index < -0.39 is 0 Å². The number of hydrogen-bond donors (Lipinski definition) is 0. The van der Waals surface area contributed by atoms with Crippen LogP contribution in [-0.2, 0) is 4.74 Å². The number of hydrogen-bond acceptors (Lipinski definition) is 5. The monoisotopic (exact) mass is 415 g/mol. The number of thiazole rings is 1. The molecule has 1 spiro atoms. The van der Waals surface area contributed by atoms with Gasteiger partial charge in [-0.3, -0.25) is 4.79 Å². The van der Waals surface area contributed by atoms with E-state index in [4.69, 9.17) is 4.74 Å². The van der Waals surface area contributed by atoms with Crippen LogP contribution in [0.25, 0.3) is 0 Å². The molecule has 2 aliphatic heterocycles. The third kappa shape index (κ3) is 3.69. The molecule has 1 amide bonds. The number of likely N-dealkylation sites (N-methyl/N-ethyl adjacent to an activating group) is 1. The molecule has 0 N–H and O–H groups in total. The van der Waals surface area contributed by atoms with Crippen molar-refractivity contribution in [2.24, 2.45) is 0 Å². The van der Waals surface area contributed by atoms with Crippen LogP contribution in [0.4, 0.5) is 0 Å². The second kappa shape index (κ2) is 7.40. The minimum Gasteiger partial charge on any atom is -0.370 e. The molecule has 3 rings (SSSR count). The summed E-state index contributed by atoms with van der Waals surface area (Å²) in [5.74, 6) is 0.115. The van der Waals surface area contributed by atoms with Gasteiger partial charge in [-0.15, -0.1) is 11.3 Å². The van der Waals surface area contributed by atoms with Crippen molar-refractivity contribution in [2.75, 3.05) is 32.7 Å². The lowest BCUT2D eigenvalue weighted by atomic mass is 9.80. The van der Waals surface area contributed by atoms with Gasteiger partial charge < -0.3 is 14.5 Å². The summed E-state index contributed by atoms with van der Waals surface area (Å²) in [4.78, 5) is 22.1. The molecule has 1 atom stereocenters. The molecule has 1 aromatic rings. The average Bonchev–Trinajstić information content (AvgIpc) is 2.89. The molecule has 7 heteroatoms. The number of aromatic nitrogens is 1. The molecule has 3 heterocycles. The summed E-state index contributed by atoms with van der Waals surface area (Å²) in [7, 11) is 0. The minimum absolute atomic E-state index is 0.0257. The van der Waals surface area contributed by atoms with Gasteiger partial charge in [0.2, 0.25) is 0 Å². The van der Waals surface area contributed by atoms with Gasteiger partial charge in [0.1, 0.15) is 4.88 Å². The van der Waals surface area contributed by atoms with Crippen molar-refractivity contribution in [3.8, 4) is 0 Å². The van der Waals surface area contributed by atoms with Gasteiger partial charge in [-0.2, -0.15) is 0 Å². The van der Waals surface area contributed by atoms with E-state index in [2.05, 4.69) is 39.7 Å². The molecule has 0 saturated carbocycles. The molecule has 1 aromatic heterocycles. The van der Waals surface area contributed by atoms with Crippen LogP contribution in [0, 0.1) is 6.92 Å². The fourth-order valence-electron chi connectivity index (χ4n) is 3.78. The zero-order valence-corrected chi connectivity index (χ0v) is 17.1. The van der Waals surface area contributed by atoms with Crippen molar-refractivity contribution in [1.29, 1.82) is 0 Å². The van der Waals surface area contributed by atoms with E-state index in [0.29, 0.717) is 6.10 Å². The van der Waals surface area contributed by atoms with Crippen molar-refractivity contribution in [2.45, 2.75) is 51.7 Å². The highest BCUT2D eigenvalue weighted by Gasteiger charge is 2.48. The Morgan fingerprint density at radius 3 is 2.54 bits per heavy atom. The molecule has 0 radical (unpaired) electrons. The Hall–Kier alpha value is -0.500. The van der Waals surface area contributed by atoms with Crippen molar-refractivity contribution in [3.63, 3.8) is 0 Å². The predicted molar refractivity (Wildman–Crippen MR) is 99.7 cm³/mol. The van der Waals surface area contributed by atoms with Crippen molar-refractivity contribution >= 4 is 33.2 Å². The van der Waals surface area contributed by atoms with Gasteiger partial charge in [0.15, 0.2) is 3.92 Å². The molecular formula is C17H26BrN3O2S. The van der Waals surface area contributed by atoms with Crippen molar-refractivity contribution < 1.29 is 9.53 Å². The maximum Gasteiger partial charge on any atom is 0.265 e. The van der Waals surface area contributed by atoms with Gasteiger partial charge in [-0.05, 0) is 48.8 Å². The number of ether oxygens (including phenoxy) is 1. The third-order valence-corrected chi connectivity index (χ3v) is 6.90. The zero-order valence-electron chi connectivity index (χ0n) is 14.7. The van der Waals surface area contributed by atoms with Gasteiger partial charge in [-0.1, -0.05) is 13.8 Å². The first-order chi connectivity index (χ1) is 11.5. The first-order valence-electron chi connectivity index (χ1n) is 8.78. The van der Waals surface area contributed by atoms with Crippen LogP contribution in [0.2, 0.25) is 0 Å². The second-order valence-corrected chi connectivity index (χ2v) is 9.06. The Bertz CT molecular complexity index is 587. The van der Waals surface area contributed by atoms with Gasteiger partial charge >= 0.3 is 0 Å². The van der Waals surface area contributed by atoms with Crippen LogP contribution in [0.5, 0.6) is 0 Å². The summed E-state index contributed by atoms with van der Waals surface area (Å²) in [5, 5.41) is 0. The largest absolute Gasteiger partial charge is 0.370 e. The van der Waals surface area contributed by atoms with Crippen LogP contribution >= 0.6 is 27.3 Å². The number of likely N-dealkylation sites (tertiary alicyclic amines) is 1. The fraction of sp³-hybridized carbons (Fsp3) is 0.765. The number of aryl methyl sites for hydroxylation is 1. The summed E-state index contributed by atoms with van der Waals surface area (Å²) in [6.07, 6.45) is 3.40. The van der Waals surface area contributed by atoms with Crippen molar-refractivity contribution in [3.05, 3.63) is 14.5 Å². The van der Waals surface area contributed by atoms with E-state index in [-0.39, 0.29) is 11.5 Å². The molecule has 24 heavy (non-hydrogen) atoms. The molecule has 0 aromatic carbocycles. The molecular weight excluding hydrogens is 390 g/mol. The maximum absolute atomic E-state index is 12.7. The quantitative estimate of drug-likeness (QED) is 0.739. The van der Waals surface area contributed by atoms with Crippen LogP contribution in [0.15, 0.2) is 3.92 Å². The first-order valence-corrected chi connectivity index (χ1v) is 10.4. The fourth-order valence-corrected chi connectivity index (χ4v) is 5.29. The van der Waals surface area contributed by atoms with Gasteiger partial charge in [0.05, 0.1) is 17.4 Å². The zero-order chi connectivity index (χ0) is 17.3. The topological polar surface area (TPSA) is 45.7 Å². The molecule has 2 aliphatic rings.